The predicted octanol–water partition coefficient (Wildman–Crippen LogP) is 4.26. The molecule has 1 N–H and O–H groups in total. The average molecular weight is 416 g/mol. The lowest BCUT2D eigenvalue weighted by Crippen LogP contribution is -2.42. The van der Waals surface area contributed by atoms with Gasteiger partial charge in [-0.05, 0) is 36.4 Å². The molecule has 30 heavy (non-hydrogen) atoms. The first-order valence-electron chi connectivity index (χ1n) is 8.89. The van der Waals surface area contributed by atoms with Crippen molar-refractivity contribution in [3.63, 3.8) is 0 Å². The van der Waals surface area contributed by atoms with Crippen LogP contribution in [-0.4, -0.2) is 24.8 Å². The van der Waals surface area contributed by atoms with E-state index in [4.69, 9.17) is 13.9 Å². The number of nitrogens with zero attached hydrogens (tertiary/aromatic N) is 1. The summed E-state index contributed by atoms with van der Waals surface area (Å²) in [5.41, 5.74) is 1.84. The highest BCUT2D eigenvalue weighted by Crippen LogP contribution is 2.33. The van der Waals surface area contributed by atoms with Gasteiger partial charge in [0.2, 0.25) is 6.10 Å². The third-order valence-corrected chi connectivity index (χ3v) is 4.27. The van der Waals surface area contributed by atoms with Crippen LogP contribution >= 0.6 is 0 Å². The van der Waals surface area contributed by atoms with Gasteiger partial charge in [0, 0.05) is 5.56 Å². The number of hydrogen-bond donors (Lipinski definition) is 1. The van der Waals surface area contributed by atoms with Crippen LogP contribution in [0.5, 0.6) is 11.5 Å². The minimum absolute atomic E-state index is 0.0405. The van der Waals surface area contributed by atoms with Crippen LogP contribution in [0.15, 0.2) is 70.2 Å². The SMILES string of the molecule is O=C(N/N=C/c1ccc(-c2cccc(C(F)(F)F)c2)o1)[C@@H]1COc2ccccc2O1. The van der Waals surface area contributed by atoms with Gasteiger partial charge in [-0.25, -0.2) is 5.43 Å². The van der Waals surface area contributed by atoms with E-state index < -0.39 is 23.8 Å². The summed E-state index contributed by atoms with van der Waals surface area (Å²) in [4.78, 5) is 12.2. The third kappa shape index (κ3) is 4.29. The zero-order chi connectivity index (χ0) is 21.1. The van der Waals surface area contributed by atoms with Crippen LogP contribution in [-0.2, 0) is 11.0 Å². The van der Waals surface area contributed by atoms with Crippen LogP contribution in [0.2, 0.25) is 0 Å². The Kier molecular flexibility index (Phi) is 5.18. The van der Waals surface area contributed by atoms with E-state index in [0.717, 1.165) is 12.1 Å². The van der Waals surface area contributed by atoms with E-state index in [1.807, 2.05) is 0 Å². The maximum Gasteiger partial charge on any atom is 0.416 e. The van der Waals surface area contributed by atoms with Gasteiger partial charge < -0.3 is 13.9 Å². The van der Waals surface area contributed by atoms with Crippen molar-refractivity contribution in [1.29, 1.82) is 0 Å². The van der Waals surface area contributed by atoms with E-state index in [2.05, 4.69) is 10.5 Å². The van der Waals surface area contributed by atoms with E-state index in [1.54, 1.807) is 24.3 Å². The fourth-order valence-corrected chi connectivity index (χ4v) is 2.81. The zero-order valence-corrected chi connectivity index (χ0v) is 15.3. The predicted molar refractivity (Wildman–Crippen MR) is 101 cm³/mol. The molecule has 0 unspecified atom stereocenters. The molecule has 0 bridgehead atoms. The Hall–Kier alpha value is -3.75. The second-order valence-corrected chi connectivity index (χ2v) is 6.38. The number of amides is 1. The number of halogens is 3. The van der Waals surface area contributed by atoms with Crippen LogP contribution in [0.1, 0.15) is 11.3 Å². The number of furan rings is 1. The molecule has 2 heterocycles. The van der Waals surface area contributed by atoms with Crippen LogP contribution in [0.25, 0.3) is 11.3 Å². The first-order valence-corrected chi connectivity index (χ1v) is 8.89. The number of ether oxygens (including phenoxy) is 2. The quantitative estimate of drug-likeness (QED) is 0.510. The van der Waals surface area contributed by atoms with Crippen molar-refractivity contribution in [1.82, 2.24) is 5.43 Å². The molecule has 0 fully saturated rings. The summed E-state index contributed by atoms with van der Waals surface area (Å²) in [6.45, 7) is 0.0405. The molecule has 3 aromatic rings. The monoisotopic (exact) mass is 416 g/mol. The number of fused-ring (bicyclic) bond motifs is 1. The van der Waals surface area contributed by atoms with Crippen molar-refractivity contribution in [2.45, 2.75) is 12.3 Å². The number of hydrazone groups is 1. The number of carbonyl (C=O) groups excluding carboxylic acids is 1. The Balaban J connectivity index is 1.38. The standard InChI is InChI=1S/C21H15F3N2O4/c22-21(23,24)14-5-3-4-13(10-14)16-9-8-15(29-16)11-25-26-20(27)19-12-28-17-6-1-2-7-18(17)30-19/h1-11,19H,12H2,(H,26,27)/b25-11+/t19-/m0/s1. The van der Waals surface area contributed by atoms with Gasteiger partial charge >= 0.3 is 6.18 Å². The summed E-state index contributed by atoms with van der Waals surface area (Å²) in [6.07, 6.45) is -4.07. The average Bonchev–Trinajstić information content (AvgIpc) is 3.22. The van der Waals surface area contributed by atoms with E-state index >= 15 is 0 Å². The molecule has 1 aliphatic rings. The van der Waals surface area contributed by atoms with Gasteiger partial charge in [0.1, 0.15) is 18.1 Å². The van der Waals surface area contributed by atoms with Gasteiger partial charge in [0.15, 0.2) is 11.5 Å². The molecule has 1 atom stereocenters. The van der Waals surface area contributed by atoms with Gasteiger partial charge in [-0.2, -0.15) is 18.3 Å². The molecular weight excluding hydrogens is 401 g/mol. The van der Waals surface area contributed by atoms with Crippen LogP contribution < -0.4 is 14.9 Å². The van der Waals surface area contributed by atoms with Crippen molar-refractivity contribution >= 4 is 12.1 Å². The molecule has 0 aliphatic carbocycles. The Labute approximate surface area is 168 Å². The number of nitrogens with one attached hydrogen (secondary N) is 1. The number of carbonyl (C=O) groups is 1. The van der Waals surface area contributed by atoms with Gasteiger partial charge in [0.05, 0.1) is 11.8 Å². The van der Waals surface area contributed by atoms with Crippen LogP contribution in [0.3, 0.4) is 0 Å². The van der Waals surface area contributed by atoms with E-state index in [0.29, 0.717) is 11.5 Å². The molecule has 9 heteroatoms. The van der Waals surface area contributed by atoms with E-state index in [9.17, 15) is 18.0 Å². The first kappa shape index (κ1) is 19.6. The van der Waals surface area contributed by atoms with Crippen LogP contribution in [0, 0.1) is 0 Å². The van der Waals surface area contributed by atoms with E-state index in [1.165, 1.54) is 30.5 Å². The fraction of sp³-hybridized carbons (Fsp3) is 0.143. The number of alkyl halides is 3. The summed E-state index contributed by atoms with van der Waals surface area (Å²) >= 11 is 0. The third-order valence-electron chi connectivity index (χ3n) is 4.27. The lowest BCUT2D eigenvalue weighted by atomic mass is 10.1. The van der Waals surface area contributed by atoms with Crippen molar-refractivity contribution in [2.24, 2.45) is 5.10 Å². The maximum atomic E-state index is 12.9. The highest BCUT2D eigenvalue weighted by Gasteiger charge is 2.30. The minimum atomic E-state index is -4.44. The molecule has 1 aliphatic heterocycles. The molecular formula is C21H15F3N2O4. The molecule has 0 radical (unpaired) electrons. The molecule has 0 saturated heterocycles. The fourth-order valence-electron chi connectivity index (χ4n) is 2.81. The van der Waals surface area contributed by atoms with Gasteiger partial charge in [-0.3, -0.25) is 4.79 Å². The topological polar surface area (TPSA) is 73.1 Å². The normalized spacial score (nSPS) is 15.9. The second-order valence-electron chi connectivity index (χ2n) is 6.38. The Morgan fingerprint density at radius 1 is 1.07 bits per heavy atom. The van der Waals surface area contributed by atoms with Gasteiger partial charge in [-0.15, -0.1) is 0 Å². The molecule has 0 spiro atoms. The molecule has 1 aromatic heterocycles. The van der Waals surface area contributed by atoms with Crippen LogP contribution in [0.4, 0.5) is 13.2 Å². The molecule has 0 saturated carbocycles. The summed E-state index contributed by atoms with van der Waals surface area (Å²) in [6, 6.07) is 14.8. The Morgan fingerprint density at radius 2 is 1.87 bits per heavy atom. The highest BCUT2D eigenvalue weighted by molar-refractivity contribution is 5.84. The molecule has 1 amide bonds. The lowest BCUT2D eigenvalue weighted by Gasteiger charge is -2.24. The molecule has 6 nitrogen and oxygen atoms in total. The Bertz CT molecular complexity index is 1090. The minimum Gasteiger partial charge on any atom is -0.485 e. The van der Waals surface area contributed by atoms with Crippen molar-refractivity contribution in [3.8, 4) is 22.8 Å². The Morgan fingerprint density at radius 3 is 2.67 bits per heavy atom. The number of benzene rings is 2. The molecule has 2 aromatic carbocycles. The highest BCUT2D eigenvalue weighted by atomic mass is 19.4. The maximum absolute atomic E-state index is 12.9. The summed E-state index contributed by atoms with van der Waals surface area (Å²) in [7, 11) is 0. The molecule has 154 valence electrons. The number of hydrogen-bond acceptors (Lipinski definition) is 5. The van der Waals surface area contributed by atoms with Crippen molar-refractivity contribution < 1.29 is 31.9 Å². The summed E-state index contributed by atoms with van der Waals surface area (Å²) in [5, 5.41) is 3.80. The molecule has 4 rings (SSSR count). The first-order chi connectivity index (χ1) is 14.4. The summed E-state index contributed by atoms with van der Waals surface area (Å²) in [5.74, 6) is 1.01. The van der Waals surface area contributed by atoms with Crippen molar-refractivity contribution in [2.75, 3.05) is 6.61 Å². The smallest absolute Gasteiger partial charge is 0.416 e. The van der Waals surface area contributed by atoms with Gasteiger partial charge in [-0.1, -0.05) is 24.3 Å². The number of para-hydroxylation sites is 2. The van der Waals surface area contributed by atoms with Gasteiger partial charge in [0.25, 0.3) is 5.91 Å². The second kappa shape index (κ2) is 7.94. The zero-order valence-electron chi connectivity index (χ0n) is 15.3. The number of rotatable bonds is 4. The summed E-state index contributed by atoms with van der Waals surface area (Å²) < 4.78 is 55.1. The lowest BCUT2D eigenvalue weighted by molar-refractivity contribution is -0.137. The largest absolute Gasteiger partial charge is 0.485 e. The van der Waals surface area contributed by atoms with E-state index in [-0.39, 0.29) is 23.7 Å². The van der Waals surface area contributed by atoms with Crippen molar-refractivity contribution in [3.05, 3.63) is 72.0 Å².